The van der Waals surface area contributed by atoms with Gasteiger partial charge in [-0.25, -0.2) is 0 Å². The topological polar surface area (TPSA) is 41.6 Å². The van der Waals surface area contributed by atoms with Gasteiger partial charge in [0.05, 0.1) is 5.60 Å². The molecule has 4 nitrogen and oxygen atoms in total. The van der Waals surface area contributed by atoms with Crippen LogP contribution in [0, 0.1) is 0 Å². The first-order chi connectivity index (χ1) is 8.85. The molecule has 106 valence electrons. The molecule has 0 radical (unpaired) electrons. The smallest absolute Gasteiger partial charge is 0.253 e. The predicted molar refractivity (Wildman–Crippen MR) is 78.7 cm³/mol. The summed E-state index contributed by atoms with van der Waals surface area (Å²) in [5.74, 6) is 0.0147. The van der Waals surface area contributed by atoms with Gasteiger partial charge in [-0.2, -0.15) is 0 Å². The molecule has 0 aliphatic carbocycles. The van der Waals surface area contributed by atoms with E-state index in [0.29, 0.717) is 5.56 Å². The first-order valence-corrected chi connectivity index (χ1v) is 6.46. The second kappa shape index (κ2) is 6.57. The van der Waals surface area contributed by atoms with Crippen molar-refractivity contribution in [3.8, 4) is 0 Å². The van der Waals surface area contributed by atoms with Crippen LogP contribution in [0.5, 0.6) is 0 Å². The van der Waals surface area contributed by atoms with E-state index < -0.39 is 0 Å². The fraction of sp³-hybridized carbons (Fsp3) is 0.533. The monoisotopic (exact) mass is 264 g/mol. The number of methoxy groups -OCH3 is 1. The van der Waals surface area contributed by atoms with Crippen molar-refractivity contribution in [2.45, 2.75) is 25.9 Å². The predicted octanol–water partition coefficient (Wildman–Crippen LogP) is 2.62. The molecule has 0 aliphatic heterocycles. The van der Waals surface area contributed by atoms with E-state index in [-0.39, 0.29) is 11.5 Å². The van der Waals surface area contributed by atoms with E-state index >= 15 is 0 Å². The molecule has 0 aromatic heterocycles. The summed E-state index contributed by atoms with van der Waals surface area (Å²) in [4.78, 5) is 13.4. The van der Waals surface area contributed by atoms with E-state index in [4.69, 9.17) is 4.74 Å². The Morgan fingerprint density at radius 1 is 1.37 bits per heavy atom. The number of benzene rings is 1. The largest absolute Gasteiger partial charge is 0.385 e. The van der Waals surface area contributed by atoms with Gasteiger partial charge in [-0.05, 0) is 38.5 Å². The summed E-state index contributed by atoms with van der Waals surface area (Å²) in [7, 11) is 5.23. The summed E-state index contributed by atoms with van der Waals surface area (Å²) >= 11 is 0. The molecule has 1 aromatic carbocycles. The number of hydrogen-bond donors (Lipinski definition) is 1. The van der Waals surface area contributed by atoms with Gasteiger partial charge in [-0.3, -0.25) is 4.79 Å². The van der Waals surface area contributed by atoms with Crippen molar-refractivity contribution in [3.63, 3.8) is 0 Å². The lowest BCUT2D eigenvalue weighted by Crippen LogP contribution is -2.26. The number of anilines is 1. The van der Waals surface area contributed by atoms with Crippen LogP contribution in [-0.2, 0) is 4.74 Å². The van der Waals surface area contributed by atoms with E-state index in [1.807, 2.05) is 24.3 Å². The summed E-state index contributed by atoms with van der Waals surface area (Å²) in [5, 5.41) is 3.32. The Bertz CT molecular complexity index is 428. The second-order valence-corrected chi connectivity index (χ2v) is 5.42. The maximum absolute atomic E-state index is 11.9. The molecule has 1 rings (SSSR count). The van der Waals surface area contributed by atoms with Gasteiger partial charge >= 0.3 is 0 Å². The van der Waals surface area contributed by atoms with Gasteiger partial charge in [0.2, 0.25) is 0 Å². The van der Waals surface area contributed by atoms with Gasteiger partial charge in [0.1, 0.15) is 0 Å². The third-order valence-corrected chi connectivity index (χ3v) is 3.12. The van der Waals surface area contributed by atoms with Gasteiger partial charge in [-0.15, -0.1) is 0 Å². The third-order valence-electron chi connectivity index (χ3n) is 3.12. The molecular weight excluding hydrogens is 240 g/mol. The zero-order valence-corrected chi connectivity index (χ0v) is 12.5. The van der Waals surface area contributed by atoms with Crippen molar-refractivity contribution in [2.75, 3.05) is 33.1 Å². The lowest BCUT2D eigenvalue weighted by Gasteiger charge is -2.23. The van der Waals surface area contributed by atoms with E-state index in [0.717, 1.165) is 18.7 Å². The van der Waals surface area contributed by atoms with E-state index in [1.54, 1.807) is 26.1 Å². The first kappa shape index (κ1) is 15.5. The molecule has 0 bridgehead atoms. The number of carbonyl (C=O) groups is 1. The average Bonchev–Trinajstić information content (AvgIpc) is 2.38. The second-order valence-electron chi connectivity index (χ2n) is 5.42. The van der Waals surface area contributed by atoms with E-state index in [1.165, 1.54) is 0 Å². The Morgan fingerprint density at radius 2 is 2.05 bits per heavy atom. The van der Waals surface area contributed by atoms with Gasteiger partial charge < -0.3 is 15.0 Å². The quantitative estimate of drug-likeness (QED) is 0.858. The highest BCUT2D eigenvalue weighted by atomic mass is 16.5. The summed E-state index contributed by atoms with van der Waals surface area (Å²) in [6, 6.07) is 7.56. The van der Waals surface area contributed by atoms with Crippen molar-refractivity contribution >= 4 is 11.6 Å². The molecule has 0 saturated heterocycles. The van der Waals surface area contributed by atoms with Crippen molar-refractivity contribution < 1.29 is 9.53 Å². The zero-order chi connectivity index (χ0) is 14.5. The molecule has 0 saturated carbocycles. The number of hydrogen-bond acceptors (Lipinski definition) is 3. The van der Waals surface area contributed by atoms with Gasteiger partial charge in [0, 0.05) is 39.0 Å². The van der Waals surface area contributed by atoms with E-state index in [2.05, 4.69) is 19.2 Å². The number of amides is 1. The Hall–Kier alpha value is -1.55. The number of nitrogens with one attached hydrogen (secondary N) is 1. The molecule has 1 aromatic rings. The van der Waals surface area contributed by atoms with Gasteiger partial charge in [-0.1, -0.05) is 6.07 Å². The van der Waals surface area contributed by atoms with E-state index in [9.17, 15) is 4.79 Å². The summed E-state index contributed by atoms with van der Waals surface area (Å²) < 4.78 is 5.37. The van der Waals surface area contributed by atoms with Crippen LogP contribution in [0.3, 0.4) is 0 Å². The summed E-state index contributed by atoms with van der Waals surface area (Å²) in [6.45, 7) is 4.92. The van der Waals surface area contributed by atoms with Crippen LogP contribution in [0.15, 0.2) is 24.3 Å². The number of carbonyl (C=O) groups excluding carboxylic acids is 1. The Labute approximate surface area is 115 Å². The highest BCUT2D eigenvalue weighted by molar-refractivity contribution is 5.94. The van der Waals surface area contributed by atoms with Crippen LogP contribution in [0.25, 0.3) is 0 Å². The normalized spacial score (nSPS) is 11.2. The molecule has 0 heterocycles. The Morgan fingerprint density at radius 3 is 2.63 bits per heavy atom. The van der Waals surface area contributed by atoms with Crippen molar-refractivity contribution in [1.82, 2.24) is 4.90 Å². The molecule has 1 N–H and O–H groups in total. The lowest BCUT2D eigenvalue weighted by atomic mass is 10.1. The highest BCUT2D eigenvalue weighted by Crippen LogP contribution is 2.15. The van der Waals surface area contributed by atoms with Crippen molar-refractivity contribution in [3.05, 3.63) is 29.8 Å². The molecule has 4 heteroatoms. The molecule has 0 unspecified atom stereocenters. The van der Waals surface area contributed by atoms with Gasteiger partial charge in [0.25, 0.3) is 5.91 Å². The maximum Gasteiger partial charge on any atom is 0.253 e. The van der Waals surface area contributed by atoms with Crippen LogP contribution in [0.2, 0.25) is 0 Å². The highest BCUT2D eigenvalue weighted by Gasteiger charge is 2.15. The van der Waals surface area contributed by atoms with Gasteiger partial charge in [0.15, 0.2) is 0 Å². The summed E-state index contributed by atoms with van der Waals surface area (Å²) in [5.41, 5.74) is 1.52. The Balaban J connectivity index is 2.61. The number of nitrogens with zero attached hydrogens (tertiary/aromatic N) is 1. The van der Waals surface area contributed by atoms with Crippen LogP contribution >= 0.6 is 0 Å². The molecule has 0 atom stereocenters. The number of ether oxygens (including phenoxy) is 1. The number of rotatable bonds is 6. The standard InChI is InChI=1S/C15H24N2O2/c1-15(2,19-5)9-10-16-13-8-6-7-12(11-13)14(18)17(3)4/h6-8,11,16H,9-10H2,1-5H3. The SMILES string of the molecule is COC(C)(C)CCNc1cccc(C(=O)N(C)C)c1. The molecule has 0 fully saturated rings. The molecule has 1 amide bonds. The van der Waals surface area contributed by atoms with Crippen LogP contribution < -0.4 is 5.32 Å². The lowest BCUT2D eigenvalue weighted by molar-refractivity contribution is 0.0185. The maximum atomic E-state index is 11.9. The van der Waals surface area contributed by atoms with Crippen molar-refractivity contribution in [1.29, 1.82) is 0 Å². The van der Waals surface area contributed by atoms with Crippen molar-refractivity contribution in [2.24, 2.45) is 0 Å². The molecular formula is C15H24N2O2. The Kier molecular flexibility index (Phi) is 5.36. The minimum Gasteiger partial charge on any atom is -0.385 e. The van der Waals surface area contributed by atoms with Crippen LogP contribution in [0.1, 0.15) is 30.6 Å². The van der Waals surface area contributed by atoms with Crippen LogP contribution in [0.4, 0.5) is 5.69 Å². The molecule has 0 spiro atoms. The minimum absolute atomic E-state index is 0.0147. The minimum atomic E-state index is -0.135. The fourth-order valence-electron chi connectivity index (χ4n) is 1.63. The molecule has 19 heavy (non-hydrogen) atoms. The first-order valence-electron chi connectivity index (χ1n) is 6.46. The molecule has 0 aliphatic rings. The fourth-order valence-corrected chi connectivity index (χ4v) is 1.63. The third kappa shape index (κ3) is 4.91. The summed E-state index contributed by atoms with van der Waals surface area (Å²) in [6.07, 6.45) is 0.898. The average molecular weight is 264 g/mol. The van der Waals surface area contributed by atoms with Crippen LogP contribution in [-0.4, -0.2) is 44.2 Å². The zero-order valence-electron chi connectivity index (χ0n) is 12.5.